The summed E-state index contributed by atoms with van der Waals surface area (Å²) in [6.07, 6.45) is 18.6. The number of allylic oxidation sites excluding steroid dienone is 1. The van der Waals surface area contributed by atoms with Gasteiger partial charge in [0.15, 0.2) is 0 Å². The molecule has 0 spiro atoms. The lowest BCUT2D eigenvalue weighted by atomic mass is 10.1. The Labute approximate surface area is 169 Å². The zero-order valence-electron chi connectivity index (χ0n) is 18.0. The molecule has 0 N–H and O–H groups in total. The highest BCUT2D eigenvalue weighted by molar-refractivity contribution is 7.64. The molecule has 0 aromatic heterocycles. The van der Waals surface area contributed by atoms with Gasteiger partial charge in [-0.3, -0.25) is 0 Å². The van der Waals surface area contributed by atoms with E-state index in [9.17, 15) is 4.57 Å². The summed E-state index contributed by atoms with van der Waals surface area (Å²) < 4.78 is 14.1. The Morgan fingerprint density at radius 1 is 0.852 bits per heavy atom. The van der Waals surface area contributed by atoms with Gasteiger partial charge < -0.3 is 4.57 Å². The van der Waals surface area contributed by atoms with E-state index in [0.717, 1.165) is 25.2 Å². The molecule has 0 saturated carbocycles. The summed E-state index contributed by atoms with van der Waals surface area (Å²) in [6, 6.07) is 10.4. The topological polar surface area (TPSA) is 17.1 Å². The molecule has 2 atom stereocenters. The maximum absolute atomic E-state index is 14.1. The fraction of sp³-hybridized carbons (Fsp3) is 0.680. The first-order valence-electron chi connectivity index (χ1n) is 11.4. The van der Waals surface area contributed by atoms with E-state index in [0.29, 0.717) is 0 Å². The molecule has 0 aliphatic heterocycles. The van der Waals surface area contributed by atoms with Gasteiger partial charge in [0.05, 0.1) is 7.14 Å². The Hall–Kier alpha value is -0.810. The molecule has 1 nitrogen and oxygen atoms in total. The fourth-order valence-corrected chi connectivity index (χ4v) is 7.27. The fourth-order valence-electron chi connectivity index (χ4n) is 3.92. The molecule has 0 radical (unpaired) electrons. The van der Waals surface area contributed by atoms with Gasteiger partial charge in [-0.2, -0.15) is 0 Å². The van der Waals surface area contributed by atoms with E-state index >= 15 is 0 Å². The third-order valence-corrected chi connectivity index (χ3v) is 9.31. The van der Waals surface area contributed by atoms with Crippen molar-refractivity contribution in [2.45, 2.75) is 103 Å². The second-order valence-electron chi connectivity index (χ2n) is 8.09. The lowest BCUT2D eigenvalue weighted by molar-refractivity contribution is 0.550. The van der Waals surface area contributed by atoms with Crippen molar-refractivity contribution < 1.29 is 4.57 Å². The predicted octanol–water partition coefficient (Wildman–Crippen LogP) is 8.83. The van der Waals surface area contributed by atoms with Gasteiger partial charge in [0, 0.05) is 18.0 Å². The van der Waals surface area contributed by atoms with Crippen molar-refractivity contribution in [3.63, 3.8) is 0 Å². The van der Waals surface area contributed by atoms with Crippen LogP contribution in [0.2, 0.25) is 0 Å². The lowest BCUT2D eigenvalue weighted by Gasteiger charge is -2.26. The average Bonchev–Trinajstić information content (AvgIpc) is 2.68. The zero-order valence-corrected chi connectivity index (χ0v) is 18.9. The minimum absolute atomic E-state index is 0.190. The van der Waals surface area contributed by atoms with Crippen LogP contribution in [0.5, 0.6) is 0 Å². The highest BCUT2D eigenvalue weighted by atomic mass is 31.2. The Bertz CT molecular complexity index is 522. The van der Waals surface area contributed by atoms with Crippen molar-refractivity contribution >= 4 is 7.14 Å². The molecule has 2 heteroatoms. The number of hydrogen-bond acceptors (Lipinski definition) is 1. The van der Waals surface area contributed by atoms with E-state index in [2.05, 4.69) is 44.7 Å². The average molecular weight is 391 g/mol. The van der Waals surface area contributed by atoms with Crippen molar-refractivity contribution in [3.05, 3.63) is 48.6 Å². The first kappa shape index (κ1) is 24.2. The third kappa shape index (κ3) is 10.3. The molecule has 0 aliphatic carbocycles. The third-order valence-electron chi connectivity index (χ3n) is 5.66. The van der Waals surface area contributed by atoms with Crippen LogP contribution >= 0.6 is 7.14 Å². The number of hydrogen-bond donors (Lipinski definition) is 0. The van der Waals surface area contributed by atoms with Gasteiger partial charge in [-0.05, 0) is 18.4 Å². The van der Waals surface area contributed by atoms with Gasteiger partial charge in [0.1, 0.15) is 0 Å². The monoisotopic (exact) mass is 390 g/mol. The van der Waals surface area contributed by atoms with Crippen molar-refractivity contribution in [3.8, 4) is 0 Å². The number of benzene rings is 1. The van der Waals surface area contributed by atoms with Gasteiger partial charge >= 0.3 is 0 Å². The van der Waals surface area contributed by atoms with E-state index in [-0.39, 0.29) is 5.66 Å². The standard InChI is InChI=1S/C25H43OP/c1-4-7-9-11-13-18-22-27(26,23-24-19-15-14-16-20-24)25(6-3)21-17-12-10-8-5-2/h6,14-16,19-20,25H,3-5,7-13,17-18,21-23H2,1-2H3. The van der Waals surface area contributed by atoms with E-state index < -0.39 is 7.14 Å². The Kier molecular flexibility index (Phi) is 13.6. The molecule has 0 aliphatic rings. The molecule has 1 rings (SSSR count). The second-order valence-corrected chi connectivity index (χ2v) is 11.4. The Balaban J connectivity index is 2.66. The lowest BCUT2D eigenvalue weighted by Crippen LogP contribution is -2.11. The van der Waals surface area contributed by atoms with Gasteiger partial charge in [0.2, 0.25) is 0 Å². The smallest absolute Gasteiger partial charge is 0.0984 e. The van der Waals surface area contributed by atoms with Gasteiger partial charge in [-0.25, -0.2) is 0 Å². The summed E-state index contributed by atoms with van der Waals surface area (Å²) in [5, 5.41) is 0. The number of rotatable bonds is 17. The summed E-state index contributed by atoms with van der Waals surface area (Å²) >= 11 is 0. The van der Waals surface area contributed by atoms with Crippen LogP contribution in [0.3, 0.4) is 0 Å². The summed E-state index contributed by atoms with van der Waals surface area (Å²) in [5.41, 5.74) is 1.42. The van der Waals surface area contributed by atoms with Crippen LogP contribution in [0.4, 0.5) is 0 Å². The first-order valence-corrected chi connectivity index (χ1v) is 13.5. The molecule has 27 heavy (non-hydrogen) atoms. The molecular weight excluding hydrogens is 347 g/mol. The highest BCUT2D eigenvalue weighted by Crippen LogP contribution is 2.56. The zero-order chi connectivity index (χ0) is 19.8. The van der Waals surface area contributed by atoms with Crippen LogP contribution in [0.25, 0.3) is 0 Å². The largest absolute Gasteiger partial charge is 0.323 e. The maximum Gasteiger partial charge on any atom is 0.0984 e. The predicted molar refractivity (Wildman–Crippen MR) is 123 cm³/mol. The minimum Gasteiger partial charge on any atom is -0.323 e. The van der Waals surface area contributed by atoms with E-state index in [1.54, 1.807) is 0 Å². The van der Waals surface area contributed by atoms with Gasteiger partial charge in [-0.1, -0.05) is 114 Å². The summed E-state index contributed by atoms with van der Waals surface area (Å²) in [7, 11) is -2.28. The van der Waals surface area contributed by atoms with E-state index in [1.165, 1.54) is 69.8 Å². The molecule has 0 amide bonds. The second kappa shape index (κ2) is 15.2. The molecular formula is C25H43OP. The summed E-state index contributed by atoms with van der Waals surface area (Å²) in [5.74, 6) is 0. The van der Waals surface area contributed by atoms with Crippen LogP contribution in [0, 0.1) is 0 Å². The molecule has 0 bridgehead atoms. The number of unbranched alkanes of at least 4 members (excludes halogenated alkanes) is 9. The van der Waals surface area contributed by atoms with Gasteiger partial charge in [-0.15, -0.1) is 6.58 Å². The molecule has 0 saturated heterocycles. The van der Waals surface area contributed by atoms with Crippen LogP contribution < -0.4 is 0 Å². The molecule has 2 unspecified atom stereocenters. The molecule has 1 aromatic carbocycles. The van der Waals surface area contributed by atoms with Crippen molar-refractivity contribution in [1.82, 2.24) is 0 Å². The summed E-state index contributed by atoms with van der Waals surface area (Å²) in [4.78, 5) is 0. The van der Waals surface area contributed by atoms with Crippen molar-refractivity contribution in [1.29, 1.82) is 0 Å². The minimum atomic E-state index is -2.28. The first-order chi connectivity index (χ1) is 13.2. The Morgan fingerprint density at radius 2 is 1.41 bits per heavy atom. The van der Waals surface area contributed by atoms with Crippen LogP contribution in [0.1, 0.15) is 96.5 Å². The van der Waals surface area contributed by atoms with Crippen molar-refractivity contribution in [2.24, 2.45) is 0 Å². The van der Waals surface area contributed by atoms with Gasteiger partial charge in [0.25, 0.3) is 0 Å². The summed E-state index contributed by atoms with van der Waals surface area (Å²) in [6.45, 7) is 8.58. The molecule has 1 aromatic rings. The quantitative estimate of drug-likeness (QED) is 0.147. The van der Waals surface area contributed by atoms with E-state index in [4.69, 9.17) is 0 Å². The normalized spacial score (nSPS) is 14.6. The maximum atomic E-state index is 14.1. The molecule has 0 fully saturated rings. The van der Waals surface area contributed by atoms with Crippen molar-refractivity contribution in [2.75, 3.05) is 6.16 Å². The molecule has 0 heterocycles. The SMILES string of the molecule is C=CC(CCCCCCC)P(=O)(CCCCCCCC)Cc1ccccc1. The van der Waals surface area contributed by atoms with Crippen LogP contribution in [0.15, 0.2) is 43.0 Å². The van der Waals surface area contributed by atoms with Crippen LogP contribution in [-0.4, -0.2) is 11.8 Å². The van der Waals surface area contributed by atoms with E-state index in [1.807, 2.05) is 12.1 Å². The van der Waals surface area contributed by atoms with Crippen LogP contribution in [-0.2, 0) is 10.7 Å². The molecule has 154 valence electrons. The Morgan fingerprint density at radius 3 is 2.00 bits per heavy atom. The highest BCUT2D eigenvalue weighted by Gasteiger charge is 2.30.